The molecular formula is C11H22O2. The van der Waals surface area contributed by atoms with Crippen LogP contribution >= 0.6 is 0 Å². The fraction of sp³-hybridized carbons (Fsp3) is 0.909. The predicted molar refractivity (Wildman–Crippen MR) is 54.5 cm³/mol. The lowest BCUT2D eigenvalue weighted by atomic mass is 9.87. The molecule has 0 atom stereocenters. The molecule has 0 unspecified atom stereocenters. The average molecular weight is 186 g/mol. The molecule has 0 amide bonds. The molecule has 13 heavy (non-hydrogen) atoms. The summed E-state index contributed by atoms with van der Waals surface area (Å²) in [6, 6.07) is 0. The van der Waals surface area contributed by atoms with Gasteiger partial charge in [-0.1, -0.05) is 41.0 Å². The van der Waals surface area contributed by atoms with Crippen LogP contribution in [-0.4, -0.2) is 12.6 Å². The quantitative estimate of drug-likeness (QED) is 0.617. The summed E-state index contributed by atoms with van der Waals surface area (Å²) in [5.74, 6) is 0.356. The van der Waals surface area contributed by atoms with E-state index in [2.05, 4.69) is 20.8 Å². The Morgan fingerprint density at radius 2 is 1.92 bits per heavy atom. The third-order valence-electron chi connectivity index (χ3n) is 2.16. The third-order valence-corrected chi connectivity index (χ3v) is 2.16. The van der Waals surface area contributed by atoms with Crippen LogP contribution in [-0.2, 0) is 9.53 Å². The third kappa shape index (κ3) is 6.62. The molecule has 2 nitrogen and oxygen atoms in total. The van der Waals surface area contributed by atoms with Gasteiger partial charge in [-0.15, -0.1) is 0 Å². The fourth-order valence-corrected chi connectivity index (χ4v) is 0.826. The molecule has 0 N–H and O–H groups in total. The van der Waals surface area contributed by atoms with Gasteiger partial charge in [0.05, 0.1) is 13.0 Å². The highest BCUT2D eigenvalue weighted by molar-refractivity contribution is 5.70. The first kappa shape index (κ1) is 12.5. The van der Waals surface area contributed by atoms with Crippen LogP contribution in [0.5, 0.6) is 0 Å². The zero-order valence-corrected chi connectivity index (χ0v) is 9.52. The first-order valence-corrected chi connectivity index (χ1v) is 5.03. The van der Waals surface area contributed by atoms with Crippen molar-refractivity contribution in [2.45, 2.75) is 47.5 Å². The maximum absolute atomic E-state index is 11.3. The SMILES string of the molecule is CCC(C)(C)CC(=O)OCC(C)C. The molecule has 0 saturated heterocycles. The van der Waals surface area contributed by atoms with Crippen molar-refractivity contribution in [3.63, 3.8) is 0 Å². The molecule has 0 saturated carbocycles. The Hall–Kier alpha value is -0.530. The van der Waals surface area contributed by atoms with Gasteiger partial charge in [-0.2, -0.15) is 0 Å². The molecule has 2 heteroatoms. The second kappa shape index (κ2) is 5.25. The minimum Gasteiger partial charge on any atom is -0.465 e. The van der Waals surface area contributed by atoms with E-state index in [1.54, 1.807) is 0 Å². The Morgan fingerprint density at radius 1 is 1.38 bits per heavy atom. The Kier molecular flexibility index (Phi) is 5.04. The highest BCUT2D eigenvalue weighted by Crippen LogP contribution is 2.24. The Morgan fingerprint density at radius 3 is 2.31 bits per heavy atom. The summed E-state index contributed by atoms with van der Waals surface area (Å²) in [5.41, 5.74) is 0.0774. The summed E-state index contributed by atoms with van der Waals surface area (Å²) in [6.07, 6.45) is 1.53. The lowest BCUT2D eigenvalue weighted by Crippen LogP contribution is -2.19. The lowest BCUT2D eigenvalue weighted by Gasteiger charge is -2.21. The summed E-state index contributed by atoms with van der Waals surface area (Å²) >= 11 is 0. The van der Waals surface area contributed by atoms with Gasteiger partial charge in [0.15, 0.2) is 0 Å². The maximum atomic E-state index is 11.3. The van der Waals surface area contributed by atoms with Crippen molar-refractivity contribution in [3.05, 3.63) is 0 Å². The van der Waals surface area contributed by atoms with Crippen LogP contribution in [0.25, 0.3) is 0 Å². The molecule has 0 aliphatic rings. The number of ether oxygens (including phenoxy) is 1. The molecule has 78 valence electrons. The lowest BCUT2D eigenvalue weighted by molar-refractivity contribution is -0.147. The van der Waals surface area contributed by atoms with Crippen molar-refractivity contribution in [2.75, 3.05) is 6.61 Å². The highest BCUT2D eigenvalue weighted by Gasteiger charge is 2.20. The summed E-state index contributed by atoms with van der Waals surface area (Å²) in [4.78, 5) is 11.3. The molecule has 0 aromatic heterocycles. The van der Waals surface area contributed by atoms with E-state index in [4.69, 9.17) is 4.74 Å². The monoisotopic (exact) mass is 186 g/mol. The van der Waals surface area contributed by atoms with E-state index in [-0.39, 0.29) is 11.4 Å². The van der Waals surface area contributed by atoms with Crippen molar-refractivity contribution >= 4 is 5.97 Å². The summed E-state index contributed by atoms with van der Waals surface area (Å²) in [7, 11) is 0. The summed E-state index contributed by atoms with van der Waals surface area (Å²) in [6.45, 7) is 10.9. The number of hydrogen-bond acceptors (Lipinski definition) is 2. The molecule has 0 aliphatic heterocycles. The number of esters is 1. The van der Waals surface area contributed by atoms with E-state index in [0.717, 1.165) is 6.42 Å². The van der Waals surface area contributed by atoms with Crippen molar-refractivity contribution in [1.29, 1.82) is 0 Å². The second-order valence-corrected chi connectivity index (χ2v) is 4.77. The number of rotatable bonds is 5. The smallest absolute Gasteiger partial charge is 0.306 e. The first-order valence-electron chi connectivity index (χ1n) is 5.03. The molecule has 0 heterocycles. The zero-order chi connectivity index (χ0) is 10.5. The van der Waals surface area contributed by atoms with Gasteiger partial charge in [-0.25, -0.2) is 0 Å². The van der Waals surface area contributed by atoms with E-state index in [9.17, 15) is 4.79 Å². The second-order valence-electron chi connectivity index (χ2n) is 4.77. The topological polar surface area (TPSA) is 26.3 Å². The molecule has 0 bridgehead atoms. The standard InChI is InChI=1S/C11H22O2/c1-6-11(4,5)7-10(12)13-8-9(2)3/h9H,6-8H2,1-5H3. The van der Waals surface area contributed by atoms with E-state index >= 15 is 0 Å². The largest absolute Gasteiger partial charge is 0.465 e. The molecule has 0 aromatic rings. The number of carbonyl (C=O) groups is 1. The van der Waals surface area contributed by atoms with Crippen molar-refractivity contribution in [1.82, 2.24) is 0 Å². The Balaban J connectivity index is 3.74. The molecule has 0 fully saturated rings. The van der Waals surface area contributed by atoms with Gasteiger partial charge in [0, 0.05) is 0 Å². The van der Waals surface area contributed by atoms with Crippen LogP contribution in [0.3, 0.4) is 0 Å². The van der Waals surface area contributed by atoms with Gasteiger partial charge in [-0.3, -0.25) is 4.79 Å². The highest BCUT2D eigenvalue weighted by atomic mass is 16.5. The number of hydrogen-bond donors (Lipinski definition) is 0. The van der Waals surface area contributed by atoms with E-state index < -0.39 is 0 Å². The van der Waals surface area contributed by atoms with Crippen LogP contribution in [0.1, 0.15) is 47.5 Å². The van der Waals surface area contributed by atoms with Crippen molar-refractivity contribution < 1.29 is 9.53 Å². The molecule has 0 spiro atoms. The van der Waals surface area contributed by atoms with Gasteiger partial charge in [0.2, 0.25) is 0 Å². The molecule has 0 aromatic carbocycles. The Labute approximate surface area is 81.7 Å². The van der Waals surface area contributed by atoms with Gasteiger partial charge in [0.1, 0.15) is 0 Å². The van der Waals surface area contributed by atoms with Gasteiger partial charge in [-0.05, 0) is 11.3 Å². The Bertz CT molecular complexity index is 159. The van der Waals surface area contributed by atoms with Gasteiger partial charge >= 0.3 is 5.97 Å². The van der Waals surface area contributed by atoms with E-state index in [1.807, 2.05) is 13.8 Å². The van der Waals surface area contributed by atoms with Gasteiger partial charge < -0.3 is 4.74 Å². The van der Waals surface area contributed by atoms with Crippen molar-refractivity contribution in [2.24, 2.45) is 11.3 Å². The van der Waals surface area contributed by atoms with Gasteiger partial charge in [0.25, 0.3) is 0 Å². The molecular weight excluding hydrogens is 164 g/mol. The van der Waals surface area contributed by atoms with Crippen LogP contribution in [0.4, 0.5) is 0 Å². The van der Waals surface area contributed by atoms with E-state index in [1.165, 1.54) is 0 Å². The summed E-state index contributed by atoms with van der Waals surface area (Å²) < 4.78 is 5.10. The number of carbonyl (C=O) groups excluding carboxylic acids is 1. The van der Waals surface area contributed by atoms with Crippen molar-refractivity contribution in [3.8, 4) is 0 Å². The van der Waals surface area contributed by atoms with E-state index in [0.29, 0.717) is 18.9 Å². The predicted octanol–water partition coefficient (Wildman–Crippen LogP) is 3.01. The van der Waals surface area contributed by atoms with Crippen LogP contribution in [0.15, 0.2) is 0 Å². The average Bonchev–Trinajstić information content (AvgIpc) is 2.00. The minimum absolute atomic E-state index is 0.0689. The van der Waals surface area contributed by atoms with Crippen LogP contribution < -0.4 is 0 Å². The summed E-state index contributed by atoms with van der Waals surface area (Å²) in [5, 5.41) is 0. The maximum Gasteiger partial charge on any atom is 0.306 e. The minimum atomic E-state index is -0.0689. The molecule has 0 radical (unpaired) electrons. The molecule has 0 rings (SSSR count). The first-order chi connectivity index (χ1) is 5.87. The fourth-order valence-electron chi connectivity index (χ4n) is 0.826. The van der Waals surface area contributed by atoms with Crippen LogP contribution in [0.2, 0.25) is 0 Å². The molecule has 0 aliphatic carbocycles. The van der Waals surface area contributed by atoms with Crippen LogP contribution in [0, 0.1) is 11.3 Å². The zero-order valence-electron chi connectivity index (χ0n) is 9.52. The normalized spacial score (nSPS) is 11.8.